The molecule has 0 saturated heterocycles. The number of aryl methyl sites for hydroxylation is 1. The molecule has 0 aliphatic carbocycles. The topological polar surface area (TPSA) is 39.2 Å². The number of nitrogens with zero attached hydrogens (tertiary/aromatic N) is 1. The van der Waals surface area contributed by atoms with E-state index in [0.717, 1.165) is 23.1 Å². The summed E-state index contributed by atoms with van der Waals surface area (Å²) in [4.78, 5) is 15.6. The van der Waals surface area contributed by atoms with E-state index < -0.39 is 5.24 Å². The van der Waals surface area contributed by atoms with Crippen LogP contribution in [0.25, 0.3) is 0 Å². The van der Waals surface area contributed by atoms with Gasteiger partial charge in [-0.15, -0.1) is 0 Å². The quantitative estimate of drug-likeness (QED) is 0.448. The number of rotatable bonds is 6. The van der Waals surface area contributed by atoms with Gasteiger partial charge in [0.15, 0.2) is 0 Å². The van der Waals surface area contributed by atoms with Crippen molar-refractivity contribution in [3.8, 4) is 5.88 Å². The Morgan fingerprint density at radius 2 is 2.20 bits per heavy atom. The minimum Gasteiger partial charge on any atom is -0.473 e. The highest BCUT2D eigenvalue weighted by Crippen LogP contribution is 2.22. The van der Waals surface area contributed by atoms with E-state index in [0.29, 0.717) is 11.5 Å². The van der Waals surface area contributed by atoms with E-state index in [1.807, 2.05) is 39.0 Å². The first kappa shape index (κ1) is 16.4. The lowest BCUT2D eigenvalue weighted by Crippen LogP contribution is -2.10. The predicted octanol–water partition coefficient (Wildman–Crippen LogP) is 4.21. The van der Waals surface area contributed by atoms with Crippen LogP contribution in [0.2, 0.25) is 0 Å². The zero-order chi connectivity index (χ0) is 15.1. The molecule has 0 fully saturated rings. The molecule has 4 heteroatoms. The third-order valence-corrected chi connectivity index (χ3v) is 3.46. The molecule has 0 saturated carbocycles. The Bertz CT molecular complexity index is 547. The molecular weight excluding hydrogens is 274 g/mol. The van der Waals surface area contributed by atoms with Gasteiger partial charge in [-0.25, -0.2) is 4.98 Å². The summed E-state index contributed by atoms with van der Waals surface area (Å²) in [5.41, 5.74) is 3.38. The Kier molecular flexibility index (Phi) is 6.46. The Hall–Kier alpha value is -1.61. The van der Waals surface area contributed by atoms with Crippen LogP contribution in [0.1, 0.15) is 32.8 Å². The maximum absolute atomic E-state index is 11.4. The smallest absolute Gasteiger partial charge is 0.248 e. The van der Waals surface area contributed by atoms with Crippen LogP contribution in [-0.4, -0.2) is 16.8 Å². The second-order valence-corrected chi connectivity index (χ2v) is 4.80. The molecule has 20 heavy (non-hydrogen) atoms. The lowest BCUT2D eigenvalue weighted by atomic mass is 9.99. The number of allylic oxidation sites excluding steroid dienone is 2. The van der Waals surface area contributed by atoms with Gasteiger partial charge in [-0.2, -0.15) is 0 Å². The number of aromatic nitrogens is 1. The van der Waals surface area contributed by atoms with E-state index in [4.69, 9.17) is 16.3 Å². The molecule has 0 N–H and O–H groups in total. The number of carbonyl (C=O) groups excluding carboxylic acids is 1. The van der Waals surface area contributed by atoms with Crippen molar-refractivity contribution >= 4 is 16.8 Å². The molecule has 0 aliphatic rings. The summed E-state index contributed by atoms with van der Waals surface area (Å²) < 4.78 is 5.73. The molecular formula is C16H20ClNO2. The van der Waals surface area contributed by atoms with E-state index in [9.17, 15) is 4.79 Å². The molecule has 0 bridgehead atoms. The fraction of sp³-hybridized carbons (Fsp3) is 0.375. The molecule has 0 spiro atoms. The van der Waals surface area contributed by atoms with Gasteiger partial charge < -0.3 is 4.74 Å². The van der Waals surface area contributed by atoms with Gasteiger partial charge in [-0.3, -0.25) is 4.79 Å². The van der Waals surface area contributed by atoms with E-state index in [1.54, 1.807) is 13.1 Å². The van der Waals surface area contributed by atoms with Crippen LogP contribution in [0.5, 0.6) is 5.88 Å². The van der Waals surface area contributed by atoms with Crippen molar-refractivity contribution in [2.24, 2.45) is 0 Å². The van der Waals surface area contributed by atoms with E-state index in [2.05, 4.69) is 4.98 Å². The summed E-state index contributed by atoms with van der Waals surface area (Å²) in [6, 6.07) is 3.79. The maximum Gasteiger partial charge on any atom is 0.248 e. The molecule has 1 rings (SSSR count). The molecule has 1 aromatic heterocycles. The number of halogens is 1. The summed E-state index contributed by atoms with van der Waals surface area (Å²) in [6.45, 7) is 7.92. The third-order valence-electron chi connectivity index (χ3n) is 3.18. The standard InChI is InChI=1S/C16H20ClNO2/c1-5-13(6-2)14(12(4)15(17)19)10-20-16-11(3)8-7-9-18-16/h5,7-9H,6,10H2,1-4H3/b13-5-,14-12+. The first-order valence-corrected chi connectivity index (χ1v) is 6.98. The summed E-state index contributed by atoms with van der Waals surface area (Å²) in [5, 5.41) is -0.450. The second-order valence-electron chi connectivity index (χ2n) is 4.46. The fourth-order valence-electron chi connectivity index (χ4n) is 1.91. The van der Waals surface area contributed by atoms with Crippen molar-refractivity contribution in [3.63, 3.8) is 0 Å². The van der Waals surface area contributed by atoms with Gasteiger partial charge in [-0.05, 0) is 56.0 Å². The van der Waals surface area contributed by atoms with Crippen LogP contribution in [0.3, 0.4) is 0 Å². The van der Waals surface area contributed by atoms with Gasteiger partial charge in [-0.1, -0.05) is 19.1 Å². The van der Waals surface area contributed by atoms with Crippen molar-refractivity contribution in [2.75, 3.05) is 6.61 Å². The van der Waals surface area contributed by atoms with Crippen LogP contribution in [0, 0.1) is 6.92 Å². The van der Waals surface area contributed by atoms with Gasteiger partial charge in [0.25, 0.3) is 0 Å². The minimum atomic E-state index is -0.450. The summed E-state index contributed by atoms with van der Waals surface area (Å²) in [6.07, 6.45) is 4.48. The lowest BCUT2D eigenvalue weighted by Gasteiger charge is -2.14. The molecule has 1 heterocycles. The third kappa shape index (κ3) is 4.20. The first-order chi connectivity index (χ1) is 9.51. The number of pyridine rings is 1. The Morgan fingerprint density at radius 3 is 2.70 bits per heavy atom. The number of hydrogen-bond donors (Lipinski definition) is 0. The molecule has 3 nitrogen and oxygen atoms in total. The molecule has 0 amide bonds. The van der Waals surface area contributed by atoms with E-state index in [1.165, 1.54) is 0 Å². The number of hydrogen-bond acceptors (Lipinski definition) is 3. The predicted molar refractivity (Wildman–Crippen MR) is 82.1 cm³/mol. The summed E-state index contributed by atoms with van der Waals surface area (Å²) >= 11 is 5.60. The zero-order valence-corrected chi connectivity index (χ0v) is 13.1. The Morgan fingerprint density at radius 1 is 1.50 bits per heavy atom. The molecule has 0 aliphatic heterocycles. The highest BCUT2D eigenvalue weighted by Gasteiger charge is 2.13. The average molecular weight is 294 g/mol. The molecule has 0 radical (unpaired) electrons. The molecule has 108 valence electrons. The Balaban J connectivity index is 3.01. The largest absolute Gasteiger partial charge is 0.473 e. The molecule has 0 atom stereocenters. The highest BCUT2D eigenvalue weighted by molar-refractivity contribution is 6.67. The van der Waals surface area contributed by atoms with Crippen molar-refractivity contribution in [1.82, 2.24) is 4.98 Å². The lowest BCUT2D eigenvalue weighted by molar-refractivity contribution is -0.108. The summed E-state index contributed by atoms with van der Waals surface area (Å²) in [5.74, 6) is 0.575. The highest BCUT2D eigenvalue weighted by atomic mass is 35.5. The van der Waals surface area contributed by atoms with Crippen molar-refractivity contribution in [2.45, 2.75) is 34.1 Å². The van der Waals surface area contributed by atoms with Crippen LogP contribution in [0.4, 0.5) is 0 Å². The van der Waals surface area contributed by atoms with Crippen LogP contribution < -0.4 is 4.74 Å². The van der Waals surface area contributed by atoms with Crippen molar-refractivity contribution in [3.05, 3.63) is 46.7 Å². The first-order valence-electron chi connectivity index (χ1n) is 6.60. The van der Waals surface area contributed by atoms with Gasteiger partial charge in [0.2, 0.25) is 11.1 Å². The van der Waals surface area contributed by atoms with Gasteiger partial charge in [0.05, 0.1) is 0 Å². The van der Waals surface area contributed by atoms with Gasteiger partial charge >= 0.3 is 0 Å². The second kappa shape index (κ2) is 7.85. The number of ether oxygens (including phenoxy) is 1. The summed E-state index contributed by atoms with van der Waals surface area (Å²) in [7, 11) is 0. The Labute approximate surface area is 125 Å². The molecule has 0 aromatic carbocycles. The minimum absolute atomic E-state index is 0.287. The SMILES string of the molecule is C/C=C(CC)\C(COc1ncccc1C)=C(/C)C(=O)Cl. The molecule has 0 unspecified atom stereocenters. The van der Waals surface area contributed by atoms with E-state index >= 15 is 0 Å². The normalized spacial score (nSPS) is 12.9. The van der Waals surface area contributed by atoms with Crippen molar-refractivity contribution in [1.29, 1.82) is 0 Å². The van der Waals surface area contributed by atoms with Crippen LogP contribution in [0.15, 0.2) is 41.1 Å². The monoisotopic (exact) mass is 293 g/mol. The van der Waals surface area contributed by atoms with E-state index in [-0.39, 0.29) is 6.61 Å². The maximum atomic E-state index is 11.4. The zero-order valence-electron chi connectivity index (χ0n) is 12.4. The van der Waals surface area contributed by atoms with Crippen LogP contribution >= 0.6 is 11.6 Å². The number of carbonyl (C=O) groups is 1. The van der Waals surface area contributed by atoms with Crippen LogP contribution in [-0.2, 0) is 4.79 Å². The fourth-order valence-corrected chi connectivity index (χ4v) is 2.03. The molecule has 1 aromatic rings. The van der Waals surface area contributed by atoms with Gasteiger partial charge in [0.1, 0.15) is 6.61 Å². The van der Waals surface area contributed by atoms with Crippen molar-refractivity contribution < 1.29 is 9.53 Å². The average Bonchev–Trinajstić information content (AvgIpc) is 2.44. The van der Waals surface area contributed by atoms with Gasteiger partial charge in [0, 0.05) is 17.3 Å².